The third-order valence-electron chi connectivity index (χ3n) is 8.97. The second-order valence-corrected chi connectivity index (χ2v) is 12.0. The van der Waals surface area contributed by atoms with Crippen molar-refractivity contribution in [1.29, 1.82) is 0 Å². The minimum atomic E-state index is 0.647. The first-order valence-corrected chi connectivity index (χ1v) is 16.3. The van der Waals surface area contributed by atoms with Gasteiger partial charge in [-0.1, -0.05) is 140 Å². The number of rotatable bonds is 6. The lowest BCUT2D eigenvalue weighted by Crippen LogP contribution is -2.00. The van der Waals surface area contributed by atoms with Crippen LogP contribution in [0.25, 0.3) is 83.9 Å². The summed E-state index contributed by atoms with van der Waals surface area (Å²) in [4.78, 5) is 19.2. The minimum absolute atomic E-state index is 0.647. The van der Waals surface area contributed by atoms with Gasteiger partial charge < -0.3 is 0 Å². The van der Waals surface area contributed by atoms with Crippen LogP contribution in [0, 0.1) is 0 Å². The van der Waals surface area contributed by atoms with Gasteiger partial charge in [0.1, 0.15) is 6.33 Å². The fourth-order valence-corrected chi connectivity index (χ4v) is 6.43. The molecule has 5 nitrogen and oxygen atoms in total. The molecule has 49 heavy (non-hydrogen) atoms. The molecule has 0 unspecified atom stereocenters. The highest BCUT2D eigenvalue weighted by Crippen LogP contribution is 2.34. The van der Waals surface area contributed by atoms with Gasteiger partial charge in [0.15, 0.2) is 17.5 Å². The van der Waals surface area contributed by atoms with Crippen molar-refractivity contribution in [1.82, 2.24) is 24.5 Å². The van der Waals surface area contributed by atoms with E-state index in [4.69, 9.17) is 15.0 Å². The van der Waals surface area contributed by atoms with E-state index >= 15 is 0 Å². The van der Waals surface area contributed by atoms with Crippen molar-refractivity contribution >= 4 is 21.8 Å². The summed E-state index contributed by atoms with van der Waals surface area (Å²) in [5, 5.41) is 2.40. The molecule has 0 saturated heterocycles. The number of nitrogens with zero attached hydrogens (tertiary/aromatic N) is 5. The molecule has 9 rings (SSSR count). The van der Waals surface area contributed by atoms with Crippen molar-refractivity contribution in [2.75, 3.05) is 0 Å². The smallest absolute Gasteiger partial charge is 0.164 e. The number of imidazole rings is 1. The molecule has 0 amide bonds. The third kappa shape index (κ3) is 5.43. The van der Waals surface area contributed by atoms with E-state index < -0.39 is 0 Å². The fourth-order valence-electron chi connectivity index (χ4n) is 6.43. The SMILES string of the molecule is c1ccc(-c2nc(-c3ccccc3)nc(-c3ccc(-c4cccc5cc(-c6ccc(-n7cnc8ccccc87)cc6)ccc45)cc3)n2)cc1. The lowest BCUT2D eigenvalue weighted by atomic mass is 9.94. The molecular formula is C44H29N5. The molecular weight excluding hydrogens is 599 g/mol. The zero-order valence-electron chi connectivity index (χ0n) is 26.5. The lowest BCUT2D eigenvalue weighted by molar-refractivity contribution is 1.07. The monoisotopic (exact) mass is 627 g/mol. The van der Waals surface area contributed by atoms with E-state index in [1.54, 1.807) is 0 Å². The molecule has 9 aromatic rings. The number of fused-ring (bicyclic) bond motifs is 2. The van der Waals surface area contributed by atoms with Gasteiger partial charge in [0.25, 0.3) is 0 Å². The van der Waals surface area contributed by atoms with E-state index in [2.05, 4.69) is 101 Å². The minimum Gasteiger partial charge on any atom is -0.299 e. The Morgan fingerprint density at radius 3 is 1.61 bits per heavy atom. The van der Waals surface area contributed by atoms with Crippen molar-refractivity contribution in [3.63, 3.8) is 0 Å². The predicted molar refractivity (Wildman–Crippen MR) is 199 cm³/mol. The molecule has 2 heterocycles. The zero-order valence-corrected chi connectivity index (χ0v) is 26.5. The Morgan fingerprint density at radius 2 is 0.939 bits per heavy atom. The summed E-state index contributed by atoms with van der Waals surface area (Å²) < 4.78 is 2.13. The van der Waals surface area contributed by atoms with Gasteiger partial charge in [0, 0.05) is 22.4 Å². The van der Waals surface area contributed by atoms with Crippen LogP contribution < -0.4 is 0 Å². The standard InChI is InChI=1S/C44H29N5/c1-3-10-32(11-4-1)42-46-43(33-12-5-2-6-13-33)48-44(47-42)34-20-18-31(19-21-34)38-15-9-14-36-28-35(24-27-39(36)38)30-22-25-37(26-23-30)49-29-45-40-16-7-8-17-41(40)49/h1-29H. The molecule has 0 saturated carbocycles. The molecule has 0 aliphatic heterocycles. The van der Waals surface area contributed by atoms with Crippen LogP contribution >= 0.6 is 0 Å². The van der Waals surface area contributed by atoms with Gasteiger partial charge >= 0.3 is 0 Å². The number of benzene rings is 7. The molecule has 2 aromatic heterocycles. The maximum absolute atomic E-state index is 4.90. The Hall–Kier alpha value is -6.72. The van der Waals surface area contributed by atoms with Crippen molar-refractivity contribution < 1.29 is 0 Å². The van der Waals surface area contributed by atoms with Gasteiger partial charge in [-0.15, -0.1) is 0 Å². The van der Waals surface area contributed by atoms with E-state index in [9.17, 15) is 0 Å². The first-order chi connectivity index (χ1) is 24.3. The molecule has 0 bridgehead atoms. The number of aromatic nitrogens is 5. The molecule has 0 atom stereocenters. The Bertz CT molecular complexity index is 2520. The Morgan fingerprint density at radius 1 is 0.388 bits per heavy atom. The van der Waals surface area contributed by atoms with Crippen molar-refractivity contribution in [3.8, 4) is 62.1 Å². The predicted octanol–water partition coefficient (Wildman–Crippen LogP) is 10.7. The Balaban J connectivity index is 1.03. The maximum Gasteiger partial charge on any atom is 0.164 e. The van der Waals surface area contributed by atoms with Crippen LogP contribution in [0.15, 0.2) is 176 Å². The van der Waals surface area contributed by atoms with E-state index in [1.165, 1.54) is 27.5 Å². The Labute approximate surface area is 283 Å². The summed E-state index contributed by atoms with van der Waals surface area (Å²) in [6.07, 6.45) is 1.89. The van der Waals surface area contributed by atoms with Gasteiger partial charge in [-0.3, -0.25) is 4.57 Å². The lowest BCUT2D eigenvalue weighted by Gasteiger charge is -2.11. The van der Waals surface area contributed by atoms with Gasteiger partial charge in [0.2, 0.25) is 0 Å². The number of para-hydroxylation sites is 2. The van der Waals surface area contributed by atoms with Crippen molar-refractivity contribution in [2.24, 2.45) is 0 Å². The first-order valence-electron chi connectivity index (χ1n) is 16.3. The average Bonchev–Trinajstić information content (AvgIpc) is 3.62. The van der Waals surface area contributed by atoms with Gasteiger partial charge in [-0.2, -0.15) is 0 Å². The van der Waals surface area contributed by atoms with Crippen LogP contribution in [-0.2, 0) is 0 Å². The summed E-state index contributed by atoms with van der Waals surface area (Å²) in [6, 6.07) is 58.7. The number of hydrogen-bond acceptors (Lipinski definition) is 4. The Kier molecular flexibility index (Phi) is 7.06. The molecule has 7 aromatic carbocycles. The van der Waals surface area contributed by atoms with Crippen molar-refractivity contribution in [2.45, 2.75) is 0 Å². The molecule has 230 valence electrons. The van der Waals surface area contributed by atoms with E-state index in [0.29, 0.717) is 17.5 Å². The largest absolute Gasteiger partial charge is 0.299 e. The summed E-state index contributed by atoms with van der Waals surface area (Å²) in [5.41, 5.74) is 10.7. The average molecular weight is 628 g/mol. The van der Waals surface area contributed by atoms with Gasteiger partial charge in [-0.05, 0) is 63.4 Å². The summed E-state index contributed by atoms with van der Waals surface area (Å²) in [7, 11) is 0. The van der Waals surface area contributed by atoms with E-state index in [0.717, 1.165) is 39.0 Å². The van der Waals surface area contributed by atoms with Crippen LogP contribution in [0.2, 0.25) is 0 Å². The summed E-state index contributed by atoms with van der Waals surface area (Å²) in [6.45, 7) is 0. The molecule has 5 heteroatoms. The second kappa shape index (κ2) is 12.1. The molecule has 0 spiro atoms. The highest BCUT2D eigenvalue weighted by atomic mass is 15.0. The van der Waals surface area contributed by atoms with Gasteiger partial charge in [0.05, 0.1) is 11.0 Å². The van der Waals surface area contributed by atoms with Crippen LogP contribution in [0.3, 0.4) is 0 Å². The topological polar surface area (TPSA) is 56.5 Å². The quantitative estimate of drug-likeness (QED) is 0.184. The van der Waals surface area contributed by atoms with Crippen LogP contribution in [0.5, 0.6) is 0 Å². The third-order valence-corrected chi connectivity index (χ3v) is 8.97. The molecule has 0 N–H and O–H groups in total. The zero-order chi connectivity index (χ0) is 32.6. The van der Waals surface area contributed by atoms with Crippen LogP contribution in [0.4, 0.5) is 0 Å². The van der Waals surface area contributed by atoms with E-state index in [-0.39, 0.29) is 0 Å². The van der Waals surface area contributed by atoms with Crippen molar-refractivity contribution in [3.05, 3.63) is 176 Å². The van der Waals surface area contributed by atoms with E-state index in [1.807, 2.05) is 85.2 Å². The van der Waals surface area contributed by atoms with Crippen LogP contribution in [-0.4, -0.2) is 24.5 Å². The molecule has 0 aliphatic carbocycles. The highest BCUT2D eigenvalue weighted by molar-refractivity contribution is 5.99. The molecule has 0 fully saturated rings. The molecule has 0 aliphatic rings. The summed E-state index contributed by atoms with van der Waals surface area (Å²) in [5.74, 6) is 1.96. The van der Waals surface area contributed by atoms with Crippen LogP contribution in [0.1, 0.15) is 0 Å². The summed E-state index contributed by atoms with van der Waals surface area (Å²) >= 11 is 0. The fraction of sp³-hybridized carbons (Fsp3) is 0. The maximum atomic E-state index is 4.90. The highest BCUT2D eigenvalue weighted by Gasteiger charge is 2.13. The van der Waals surface area contributed by atoms with Gasteiger partial charge in [-0.25, -0.2) is 19.9 Å². The number of hydrogen-bond donors (Lipinski definition) is 0. The second-order valence-electron chi connectivity index (χ2n) is 12.0. The molecule has 0 radical (unpaired) electrons. The normalized spacial score (nSPS) is 11.3. The first kappa shape index (κ1) is 28.5.